The number of aliphatic hydroxyl groups is 1. The van der Waals surface area contributed by atoms with Crippen molar-refractivity contribution in [2.24, 2.45) is 5.92 Å². The van der Waals surface area contributed by atoms with E-state index in [0.717, 1.165) is 30.6 Å². The number of carbonyl (C=O) groups is 1. The van der Waals surface area contributed by atoms with Crippen molar-refractivity contribution in [3.63, 3.8) is 0 Å². The molecule has 2 rings (SSSR count). The minimum Gasteiger partial charge on any atom is -0.491 e. The van der Waals surface area contributed by atoms with Crippen LogP contribution in [0.25, 0.3) is 0 Å². The van der Waals surface area contributed by atoms with Crippen molar-refractivity contribution in [2.45, 2.75) is 32.3 Å². The molecule has 2 N–H and O–H groups in total. The average molecular weight is 263 g/mol. The van der Waals surface area contributed by atoms with Crippen LogP contribution in [-0.2, 0) is 4.79 Å². The van der Waals surface area contributed by atoms with Gasteiger partial charge in [0.1, 0.15) is 12.4 Å². The average Bonchev–Trinajstić information content (AvgIpc) is 2.82. The number of amides is 1. The van der Waals surface area contributed by atoms with E-state index in [4.69, 9.17) is 4.74 Å². The molecule has 104 valence electrons. The number of carbonyl (C=O) groups excluding carboxylic acids is 1. The Morgan fingerprint density at radius 3 is 2.89 bits per heavy atom. The smallest absolute Gasteiger partial charge is 0.225 e. The monoisotopic (exact) mass is 263 g/mol. The van der Waals surface area contributed by atoms with Crippen LogP contribution in [0.5, 0.6) is 5.75 Å². The van der Waals surface area contributed by atoms with E-state index in [0.29, 0.717) is 13.2 Å². The first kappa shape index (κ1) is 13.9. The molecule has 1 aliphatic rings. The van der Waals surface area contributed by atoms with Crippen molar-refractivity contribution < 1.29 is 14.6 Å². The predicted molar refractivity (Wildman–Crippen MR) is 73.0 cm³/mol. The van der Waals surface area contributed by atoms with Gasteiger partial charge in [0, 0.05) is 0 Å². The van der Waals surface area contributed by atoms with Crippen LogP contribution in [0.1, 0.15) is 24.8 Å². The van der Waals surface area contributed by atoms with Gasteiger partial charge in [0.15, 0.2) is 0 Å². The lowest BCUT2D eigenvalue weighted by Crippen LogP contribution is -2.36. The quantitative estimate of drug-likeness (QED) is 0.794. The molecule has 1 aliphatic carbocycles. The lowest BCUT2D eigenvalue weighted by Gasteiger charge is -2.15. The van der Waals surface area contributed by atoms with Gasteiger partial charge in [0.25, 0.3) is 0 Å². The number of aryl methyl sites for hydroxylation is 1. The summed E-state index contributed by atoms with van der Waals surface area (Å²) in [6, 6.07) is 7.79. The molecule has 0 saturated heterocycles. The van der Waals surface area contributed by atoms with E-state index in [9.17, 15) is 9.90 Å². The number of aliphatic hydroxyl groups excluding tert-OH is 1. The first-order valence-corrected chi connectivity index (χ1v) is 6.82. The molecule has 2 atom stereocenters. The van der Waals surface area contributed by atoms with Crippen molar-refractivity contribution in [1.82, 2.24) is 5.32 Å². The van der Waals surface area contributed by atoms with Gasteiger partial charge >= 0.3 is 0 Å². The summed E-state index contributed by atoms with van der Waals surface area (Å²) >= 11 is 0. The fourth-order valence-electron chi connectivity index (χ4n) is 2.43. The molecule has 1 fully saturated rings. The second-order valence-corrected chi connectivity index (χ2v) is 5.01. The Morgan fingerprint density at radius 1 is 1.42 bits per heavy atom. The number of benzene rings is 1. The Labute approximate surface area is 113 Å². The van der Waals surface area contributed by atoms with Gasteiger partial charge in [-0.25, -0.2) is 0 Å². The molecule has 0 aliphatic heterocycles. The molecule has 4 heteroatoms. The van der Waals surface area contributed by atoms with Crippen LogP contribution in [0.15, 0.2) is 24.3 Å². The van der Waals surface area contributed by atoms with E-state index >= 15 is 0 Å². The number of ether oxygens (including phenoxy) is 1. The second kappa shape index (κ2) is 6.57. The van der Waals surface area contributed by atoms with Crippen LogP contribution >= 0.6 is 0 Å². The maximum absolute atomic E-state index is 11.8. The molecule has 1 amide bonds. The minimum absolute atomic E-state index is 0.0571. The number of nitrogens with one attached hydrogen (secondary N) is 1. The highest BCUT2D eigenvalue weighted by Gasteiger charge is 2.30. The fourth-order valence-corrected chi connectivity index (χ4v) is 2.43. The van der Waals surface area contributed by atoms with Gasteiger partial charge in [-0.05, 0) is 37.8 Å². The first-order chi connectivity index (χ1) is 9.18. The van der Waals surface area contributed by atoms with Crippen LogP contribution < -0.4 is 10.1 Å². The molecular formula is C15H21NO3. The summed E-state index contributed by atoms with van der Waals surface area (Å²) in [6.45, 7) is 2.90. The normalized spacial score (nSPS) is 22.2. The Morgan fingerprint density at radius 2 is 2.21 bits per heavy atom. The number of rotatable bonds is 5. The summed E-state index contributed by atoms with van der Waals surface area (Å²) in [7, 11) is 0. The van der Waals surface area contributed by atoms with E-state index < -0.39 is 6.10 Å². The molecule has 0 heterocycles. The molecule has 0 radical (unpaired) electrons. The minimum atomic E-state index is -0.475. The summed E-state index contributed by atoms with van der Waals surface area (Å²) in [5.41, 5.74) is 1.08. The van der Waals surface area contributed by atoms with Crippen LogP contribution in [0, 0.1) is 12.8 Å². The van der Waals surface area contributed by atoms with Gasteiger partial charge in [-0.15, -0.1) is 0 Å². The number of para-hydroxylation sites is 1. The molecule has 1 saturated carbocycles. The van der Waals surface area contributed by atoms with Gasteiger partial charge < -0.3 is 15.2 Å². The third-order valence-corrected chi connectivity index (χ3v) is 3.57. The molecule has 1 aromatic rings. The maximum Gasteiger partial charge on any atom is 0.225 e. The zero-order valence-electron chi connectivity index (χ0n) is 11.3. The SMILES string of the molecule is Cc1ccccc1OCCNC(=O)C1CCCC1O. The summed E-state index contributed by atoms with van der Waals surface area (Å²) < 4.78 is 5.60. The van der Waals surface area contributed by atoms with Crippen LogP contribution in [0.3, 0.4) is 0 Å². The Balaban J connectivity index is 1.69. The lowest BCUT2D eigenvalue weighted by atomic mass is 10.1. The van der Waals surface area contributed by atoms with Crippen molar-refractivity contribution in [3.05, 3.63) is 29.8 Å². The first-order valence-electron chi connectivity index (χ1n) is 6.82. The Bertz CT molecular complexity index is 433. The standard InChI is InChI=1S/C15H21NO3/c1-11-5-2-3-8-14(11)19-10-9-16-15(18)12-6-4-7-13(12)17/h2-3,5,8,12-13,17H,4,6-7,9-10H2,1H3,(H,16,18). The van der Waals surface area contributed by atoms with E-state index in [1.807, 2.05) is 31.2 Å². The number of hydrogen-bond acceptors (Lipinski definition) is 3. The van der Waals surface area contributed by atoms with Gasteiger partial charge in [-0.3, -0.25) is 4.79 Å². The van der Waals surface area contributed by atoms with Crippen LogP contribution in [0.4, 0.5) is 0 Å². The largest absolute Gasteiger partial charge is 0.491 e. The fraction of sp³-hybridized carbons (Fsp3) is 0.533. The molecule has 0 bridgehead atoms. The van der Waals surface area contributed by atoms with Gasteiger partial charge in [-0.1, -0.05) is 18.2 Å². The van der Waals surface area contributed by atoms with E-state index in [1.165, 1.54) is 0 Å². The van der Waals surface area contributed by atoms with Crippen LogP contribution in [-0.4, -0.2) is 30.3 Å². The van der Waals surface area contributed by atoms with E-state index in [1.54, 1.807) is 0 Å². The van der Waals surface area contributed by atoms with Gasteiger partial charge in [0.2, 0.25) is 5.91 Å². The van der Waals surface area contributed by atoms with Gasteiger partial charge in [0.05, 0.1) is 18.6 Å². The third-order valence-electron chi connectivity index (χ3n) is 3.57. The molecule has 1 aromatic carbocycles. The molecule has 19 heavy (non-hydrogen) atoms. The second-order valence-electron chi connectivity index (χ2n) is 5.01. The summed E-state index contributed by atoms with van der Waals surface area (Å²) in [5.74, 6) is 0.550. The van der Waals surface area contributed by atoms with E-state index in [-0.39, 0.29) is 11.8 Å². The van der Waals surface area contributed by atoms with Crippen molar-refractivity contribution >= 4 is 5.91 Å². The predicted octanol–water partition coefficient (Wildman–Crippen LogP) is 1.65. The maximum atomic E-state index is 11.8. The van der Waals surface area contributed by atoms with Gasteiger partial charge in [-0.2, -0.15) is 0 Å². The zero-order valence-corrected chi connectivity index (χ0v) is 11.3. The van der Waals surface area contributed by atoms with Crippen molar-refractivity contribution in [1.29, 1.82) is 0 Å². The highest BCUT2D eigenvalue weighted by molar-refractivity contribution is 5.79. The molecule has 2 unspecified atom stereocenters. The topological polar surface area (TPSA) is 58.6 Å². The summed E-state index contributed by atoms with van der Waals surface area (Å²) in [5, 5.41) is 12.5. The Hall–Kier alpha value is -1.55. The van der Waals surface area contributed by atoms with E-state index in [2.05, 4.69) is 5.32 Å². The summed E-state index contributed by atoms with van der Waals surface area (Å²) in [6.07, 6.45) is 1.97. The third kappa shape index (κ3) is 3.70. The molecular weight excluding hydrogens is 242 g/mol. The molecule has 4 nitrogen and oxygen atoms in total. The van der Waals surface area contributed by atoms with Crippen LogP contribution in [0.2, 0.25) is 0 Å². The highest BCUT2D eigenvalue weighted by atomic mass is 16.5. The number of hydrogen-bond donors (Lipinski definition) is 2. The summed E-state index contributed by atoms with van der Waals surface area (Å²) in [4.78, 5) is 11.8. The zero-order chi connectivity index (χ0) is 13.7. The van der Waals surface area contributed by atoms with Crippen molar-refractivity contribution in [2.75, 3.05) is 13.2 Å². The Kier molecular flexibility index (Phi) is 4.80. The lowest BCUT2D eigenvalue weighted by molar-refractivity contribution is -0.127. The van der Waals surface area contributed by atoms with Crippen molar-refractivity contribution in [3.8, 4) is 5.75 Å². The molecule has 0 aromatic heterocycles. The highest BCUT2D eigenvalue weighted by Crippen LogP contribution is 2.25. The molecule has 0 spiro atoms.